The highest BCUT2D eigenvalue weighted by atomic mass is 79.9. The van der Waals surface area contributed by atoms with Gasteiger partial charge >= 0.3 is 6.08 Å². The van der Waals surface area contributed by atoms with Crippen LogP contribution in [0.15, 0.2) is 10.5 Å². The molecule has 84 valence electrons. The fourth-order valence-corrected chi connectivity index (χ4v) is 2.66. The lowest BCUT2D eigenvalue weighted by Crippen LogP contribution is -1.95. The Balaban J connectivity index is 2.96. The third-order valence-corrected chi connectivity index (χ3v) is 3.87. The molecule has 2 aromatic rings. The number of fused-ring (bicyclic) bond motifs is 1. The molecule has 0 N–H and O–H groups in total. The number of alkyl halides is 1. The van der Waals surface area contributed by atoms with Gasteiger partial charge in [-0.15, -0.1) is 11.6 Å². The fourth-order valence-electron chi connectivity index (χ4n) is 1.37. The predicted octanol–water partition coefficient (Wildman–Crippen LogP) is 4.58. The van der Waals surface area contributed by atoms with Crippen molar-refractivity contribution < 1.29 is 4.39 Å². The van der Waals surface area contributed by atoms with Crippen LogP contribution in [0.25, 0.3) is 10.9 Å². The molecule has 0 aliphatic carbocycles. The number of rotatable bonds is 1. The van der Waals surface area contributed by atoms with E-state index in [1.807, 2.05) is 0 Å². The van der Waals surface area contributed by atoms with Crippen molar-refractivity contribution in [3.05, 3.63) is 32.4 Å². The van der Waals surface area contributed by atoms with Crippen molar-refractivity contribution in [3.63, 3.8) is 0 Å². The van der Waals surface area contributed by atoms with E-state index < -0.39 is 6.08 Å². The number of hydrogen-bond donors (Lipinski definition) is 0. The van der Waals surface area contributed by atoms with E-state index in [0.717, 1.165) is 0 Å². The molecule has 16 heavy (non-hydrogen) atoms. The zero-order valence-electron chi connectivity index (χ0n) is 7.57. The molecule has 0 aliphatic heterocycles. The molecular weight excluding hydrogens is 341 g/mol. The zero-order valence-corrected chi connectivity index (χ0v) is 11.4. The van der Waals surface area contributed by atoms with Gasteiger partial charge in [0.05, 0.1) is 10.5 Å². The van der Waals surface area contributed by atoms with Crippen LogP contribution in [0, 0.1) is 6.08 Å². The molecule has 0 atom stereocenters. The van der Waals surface area contributed by atoms with E-state index in [9.17, 15) is 4.39 Å². The second-order valence-corrected chi connectivity index (χ2v) is 4.82. The molecule has 0 radical (unpaired) electrons. The van der Waals surface area contributed by atoms with Crippen LogP contribution in [0.4, 0.5) is 4.39 Å². The van der Waals surface area contributed by atoms with Crippen molar-refractivity contribution in [2.45, 2.75) is 5.88 Å². The first-order valence-electron chi connectivity index (χ1n) is 4.10. The lowest BCUT2D eigenvalue weighted by atomic mass is 10.1. The zero-order chi connectivity index (χ0) is 11.9. The maximum absolute atomic E-state index is 13.0. The van der Waals surface area contributed by atoms with Gasteiger partial charge in [0.2, 0.25) is 0 Å². The van der Waals surface area contributed by atoms with Gasteiger partial charge in [-0.3, -0.25) is 0 Å². The monoisotopic (exact) mass is 342 g/mol. The van der Waals surface area contributed by atoms with Crippen LogP contribution in [-0.4, -0.2) is 9.97 Å². The first-order chi connectivity index (χ1) is 7.54. The van der Waals surface area contributed by atoms with E-state index in [1.54, 1.807) is 6.07 Å². The summed E-state index contributed by atoms with van der Waals surface area (Å²) in [4.78, 5) is 7.07. The Morgan fingerprint density at radius 3 is 2.62 bits per heavy atom. The molecule has 0 unspecified atom stereocenters. The standard InChI is InChI=1S/C9H3BrCl3FN2/c10-4-1-5-6(3(2-11)7(4)12)8(13)16-9(14)15-5/h1H,2H2. The molecule has 0 saturated carbocycles. The molecule has 1 aromatic heterocycles. The minimum absolute atomic E-state index is 0.00699. The predicted molar refractivity (Wildman–Crippen MR) is 66.8 cm³/mol. The summed E-state index contributed by atoms with van der Waals surface area (Å²) in [5.41, 5.74) is 0.946. The Morgan fingerprint density at radius 2 is 2.00 bits per heavy atom. The minimum Gasteiger partial charge on any atom is -0.202 e. The summed E-state index contributed by atoms with van der Waals surface area (Å²) in [5.74, 6) is 0.142. The molecular formula is C9H3BrCl3FN2. The van der Waals surface area contributed by atoms with Crippen molar-refractivity contribution in [3.8, 4) is 0 Å². The maximum atomic E-state index is 13.0. The van der Waals surface area contributed by atoms with Crippen LogP contribution in [0.2, 0.25) is 10.2 Å². The largest absolute Gasteiger partial charge is 0.310 e. The average Bonchev–Trinajstić information content (AvgIpc) is 2.20. The number of halogens is 5. The van der Waals surface area contributed by atoms with Gasteiger partial charge in [0.15, 0.2) is 0 Å². The van der Waals surface area contributed by atoms with Gasteiger partial charge in [-0.25, -0.2) is 4.98 Å². The molecule has 7 heteroatoms. The van der Waals surface area contributed by atoms with Crippen molar-refractivity contribution in [2.75, 3.05) is 0 Å². The molecule has 1 heterocycles. The van der Waals surface area contributed by atoms with E-state index in [4.69, 9.17) is 34.8 Å². The average molecular weight is 344 g/mol. The topological polar surface area (TPSA) is 25.8 Å². The Labute approximate surface area is 114 Å². The Morgan fingerprint density at radius 1 is 1.31 bits per heavy atom. The summed E-state index contributed by atoms with van der Waals surface area (Å²) in [6.07, 6.45) is -0.882. The molecule has 0 fully saturated rings. The van der Waals surface area contributed by atoms with Crippen molar-refractivity contribution >= 4 is 61.6 Å². The molecule has 0 bridgehead atoms. The molecule has 0 aliphatic rings. The van der Waals surface area contributed by atoms with Crippen LogP contribution < -0.4 is 0 Å². The van der Waals surface area contributed by atoms with Crippen LogP contribution in [0.3, 0.4) is 0 Å². The van der Waals surface area contributed by atoms with Gasteiger partial charge in [0.25, 0.3) is 0 Å². The van der Waals surface area contributed by atoms with Gasteiger partial charge in [0.1, 0.15) is 5.15 Å². The van der Waals surface area contributed by atoms with Gasteiger partial charge < -0.3 is 0 Å². The van der Waals surface area contributed by atoms with E-state index in [1.165, 1.54) is 0 Å². The van der Waals surface area contributed by atoms with Crippen LogP contribution in [-0.2, 0) is 5.88 Å². The molecule has 2 nitrogen and oxygen atoms in total. The molecule has 2 rings (SSSR count). The molecule has 0 saturated heterocycles. The van der Waals surface area contributed by atoms with E-state index in [2.05, 4.69) is 25.9 Å². The summed E-state index contributed by atoms with van der Waals surface area (Å²) in [7, 11) is 0. The number of hydrogen-bond acceptors (Lipinski definition) is 2. The lowest BCUT2D eigenvalue weighted by molar-refractivity contribution is 0.545. The van der Waals surface area contributed by atoms with E-state index >= 15 is 0 Å². The van der Waals surface area contributed by atoms with E-state index in [-0.39, 0.29) is 11.0 Å². The van der Waals surface area contributed by atoms with Crippen molar-refractivity contribution in [1.29, 1.82) is 0 Å². The van der Waals surface area contributed by atoms with Gasteiger partial charge in [0, 0.05) is 15.7 Å². The number of aromatic nitrogens is 2. The maximum Gasteiger partial charge on any atom is 0.310 e. The van der Waals surface area contributed by atoms with Gasteiger partial charge in [-0.2, -0.15) is 9.37 Å². The smallest absolute Gasteiger partial charge is 0.202 e. The fraction of sp³-hybridized carbons (Fsp3) is 0.111. The van der Waals surface area contributed by atoms with Crippen LogP contribution in [0.1, 0.15) is 5.56 Å². The van der Waals surface area contributed by atoms with Crippen molar-refractivity contribution in [1.82, 2.24) is 9.97 Å². The normalized spacial score (nSPS) is 11.1. The Bertz CT molecular complexity index is 576. The quantitative estimate of drug-likeness (QED) is 0.430. The van der Waals surface area contributed by atoms with Crippen molar-refractivity contribution in [2.24, 2.45) is 0 Å². The summed E-state index contributed by atoms with van der Waals surface area (Å²) < 4.78 is 13.6. The third-order valence-electron chi connectivity index (χ3n) is 2.04. The Hall–Kier alpha value is -0.160. The summed E-state index contributed by atoms with van der Waals surface area (Å²) in [5, 5.41) is 0.915. The summed E-state index contributed by atoms with van der Waals surface area (Å²) >= 11 is 20.9. The van der Waals surface area contributed by atoms with Crippen LogP contribution >= 0.6 is 50.7 Å². The van der Waals surface area contributed by atoms with E-state index in [0.29, 0.717) is 26.0 Å². The minimum atomic E-state index is -0.882. The van der Waals surface area contributed by atoms with Gasteiger partial charge in [-0.1, -0.05) is 23.2 Å². The first kappa shape index (κ1) is 12.3. The third kappa shape index (κ3) is 1.99. The summed E-state index contributed by atoms with van der Waals surface area (Å²) in [6, 6.07) is 1.57. The summed E-state index contributed by atoms with van der Waals surface area (Å²) in [6.45, 7) is 0. The second kappa shape index (κ2) is 4.61. The highest BCUT2D eigenvalue weighted by Crippen LogP contribution is 2.36. The molecule has 0 spiro atoms. The highest BCUT2D eigenvalue weighted by molar-refractivity contribution is 9.10. The first-order valence-corrected chi connectivity index (χ1v) is 6.18. The van der Waals surface area contributed by atoms with Crippen LogP contribution in [0.5, 0.6) is 0 Å². The number of nitrogens with zero attached hydrogens (tertiary/aromatic N) is 2. The SMILES string of the molecule is Fc1nc(Cl)c2c(CCl)c(Cl)c(Br)cc2n1. The highest BCUT2D eigenvalue weighted by Gasteiger charge is 2.15. The molecule has 1 aromatic carbocycles. The lowest BCUT2D eigenvalue weighted by Gasteiger charge is -2.08. The second-order valence-electron chi connectivity index (χ2n) is 2.96. The van der Waals surface area contributed by atoms with Gasteiger partial charge in [-0.05, 0) is 27.6 Å². The number of benzene rings is 1. The molecule has 0 amide bonds. The Kier molecular flexibility index (Phi) is 3.54.